The summed E-state index contributed by atoms with van der Waals surface area (Å²) in [5.41, 5.74) is 0. The predicted molar refractivity (Wildman–Crippen MR) is 67.5 cm³/mol. The third-order valence-corrected chi connectivity index (χ3v) is 4.76. The summed E-state index contributed by atoms with van der Waals surface area (Å²) >= 11 is 0. The summed E-state index contributed by atoms with van der Waals surface area (Å²) in [6.45, 7) is 3.64. The minimum absolute atomic E-state index is 0.458. The molecule has 0 saturated carbocycles. The second-order valence-electron chi connectivity index (χ2n) is 4.23. The van der Waals surface area contributed by atoms with Crippen molar-refractivity contribution in [3.05, 3.63) is 0 Å². The molecule has 2 atom stereocenters. The van der Waals surface area contributed by atoms with Gasteiger partial charge in [0.05, 0.1) is 0 Å². The van der Waals surface area contributed by atoms with E-state index in [9.17, 15) is 9.46 Å². The van der Waals surface area contributed by atoms with Gasteiger partial charge in [0.2, 0.25) is 0 Å². The van der Waals surface area contributed by atoms with Crippen molar-refractivity contribution >= 4 is 7.37 Å². The average Bonchev–Trinajstić information content (AvgIpc) is 2.21. The molecule has 7 heteroatoms. The molecule has 0 rings (SSSR count). The van der Waals surface area contributed by atoms with Crippen molar-refractivity contribution in [1.29, 1.82) is 0 Å². The van der Waals surface area contributed by atoms with E-state index in [1.807, 2.05) is 13.8 Å². The summed E-state index contributed by atoms with van der Waals surface area (Å²) in [5.74, 6) is -1.47. The van der Waals surface area contributed by atoms with Crippen molar-refractivity contribution in [2.24, 2.45) is 0 Å². The number of hydrogen-bond acceptors (Lipinski definition) is 5. The summed E-state index contributed by atoms with van der Waals surface area (Å²) in [6, 6.07) is 0. The van der Waals surface area contributed by atoms with E-state index in [2.05, 4.69) is 0 Å². The molecule has 1 N–H and O–H groups in total. The predicted octanol–water partition coefficient (Wildman–Crippen LogP) is 1.72. The number of hydrogen-bond donors (Lipinski definition) is 1. The zero-order valence-electron chi connectivity index (χ0n) is 11.6. The molecule has 0 aromatic heterocycles. The van der Waals surface area contributed by atoms with E-state index in [1.165, 1.54) is 10.1 Å². The summed E-state index contributed by atoms with van der Waals surface area (Å²) in [7, 11) is 3.22. The second-order valence-corrected chi connectivity index (χ2v) is 6.73. The van der Waals surface area contributed by atoms with Crippen molar-refractivity contribution in [3.63, 3.8) is 0 Å². The van der Waals surface area contributed by atoms with Crippen LogP contribution in [0.25, 0.3) is 0 Å². The van der Waals surface area contributed by atoms with Crippen molar-refractivity contribution < 1.29 is 19.1 Å². The fraction of sp³-hybridized carbons (Fsp3) is 1.00. The van der Waals surface area contributed by atoms with Crippen molar-refractivity contribution in [1.82, 2.24) is 10.1 Å². The van der Waals surface area contributed by atoms with Gasteiger partial charge in [0.25, 0.3) is 7.37 Å². The molecule has 0 saturated heterocycles. The molecule has 104 valence electrons. The minimum Gasteiger partial charge on any atom is -0.341 e. The maximum atomic E-state index is 12.4. The molecule has 0 aliphatic carbocycles. The van der Waals surface area contributed by atoms with Crippen LogP contribution in [0.2, 0.25) is 0 Å². The molecular formula is C10H25N2O4P. The van der Waals surface area contributed by atoms with Crippen LogP contribution in [0.3, 0.4) is 0 Å². The van der Waals surface area contributed by atoms with Crippen LogP contribution >= 0.6 is 7.37 Å². The summed E-state index contributed by atoms with van der Waals surface area (Å²) in [6.07, 6.45) is 0.915. The lowest BCUT2D eigenvalue weighted by Crippen LogP contribution is -2.30. The van der Waals surface area contributed by atoms with Crippen LogP contribution in [-0.4, -0.2) is 54.9 Å². The molecule has 0 heterocycles. The fourth-order valence-corrected chi connectivity index (χ4v) is 3.54. The first kappa shape index (κ1) is 17.0. The lowest BCUT2D eigenvalue weighted by Gasteiger charge is -2.31. The van der Waals surface area contributed by atoms with Crippen LogP contribution in [0.1, 0.15) is 26.7 Å². The quantitative estimate of drug-likeness (QED) is 0.534. The van der Waals surface area contributed by atoms with Gasteiger partial charge in [-0.05, 0) is 12.8 Å². The van der Waals surface area contributed by atoms with E-state index in [0.29, 0.717) is 12.8 Å². The Morgan fingerprint density at radius 3 is 1.47 bits per heavy atom. The highest BCUT2D eigenvalue weighted by atomic mass is 31.2. The van der Waals surface area contributed by atoms with Gasteiger partial charge in [-0.3, -0.25) is 14.2 Å². The maximum Gasteiger partial charge on any atom is 0.260 e. The fourth-order valence-electron chi connectivity index (χ4n) is 1.48. The van der Waals surface area contributed by atoms with Gasteiger partial charge in [-0.15, -0.1) is 0 Å². The van der Waals surface area contributed by atoms with E-state index in [-0.39, 0.29) is 0 Å². The van der Waals surface area contributed by atoms with E-state index in [1.54, 1.807) is 28.2 Å². The Labute approximate surface area is 104 Å². The monoisotopic (exact) mass is 268 g/mol. The number of nitrogens with zero attached hydrogens (tertiary/aromatic N) is 2. The smallest absolute Gasteiger partial charge is 0.260 e. The summed E-state index contributed by atoms with van der Waals surface area (Å²) < 4.78 is 12.4. The van der Waals surface area contributed by atoms with Gasteiger partial charge in [0.1, 0.15) is 0 Å². The number of rotatable bonds is 8. The van der Waals surface area contributed by atoms with Gasteiger partial charge >= 0.3 is 0 Å². The topological polar surface area (TPSA) is 62.2 Å². The van der Waals surface area contributed by atoms with E-state index >= 15 is 0 Å². The molecule has 0 aromatic carbocycles. The Kier molecular flexibility index (Phi) is 7.47. The van der Waals surface area contributed by atoms with E-state index < -0.39 is 19.1 Å². The molecule has 17 heavy (non-hydrogen) atoms. The van der Waals surface area contributed by atoms with Crippen LogP contribution in [0.5, 0.6) is 0 Å². The molecule has 0 spiro atoms. The third kappa shape index (κ3) is 5.46. The van der Waals surface area contributed by atoms with Gasteiger partial charge in [-0.1, -0.05) is 13.8 Å². The Hall–Kier alpha value is 0.0300. The molecule has 0 fully saturated rings. The van der Waals surface area contributed by atoms with Gasteiger partial charge in [-0.2, -0.15) is 10.1 Å². The minimum atomic E-state index is -3.55. The lowest BCUT2D eigenvalue weighted by molar-refractivity contribution is -0.157. The van der Waals surface area contributed by atoms with Crippen molar-refractivity contribution in [2.45, 2.75) is 38.4 Å². The van der Waals surface area contributed by atoms with Crippen molar-refractivity contribution in [2.75, 3.05) is 28.2 Å². The van der Waals surface area contributed by atoms with Crippen LogP contribution in [-0.2, 0) is 14.2 Å². The first-order chi connectivity index (χ1) is 7.75. The largest absolute Gasteiger partial charge is 0.341 e. The highest BCUT2D eigenvalue weighted by Gasteiger charge is 2.40. The first-order valence-electron chi connectivity index (χ1n) is 5.76. The van der Waals surface area contributed by atoms with Gasteiger partial charge < -0.3 is 4.89 Å². The molecule has 6 nitrogen and oxygen atoms in total. The average molecular weight is 268 g/mol. The molecule has 0 aliphatic rings. The molecule has 0 aliphatic heterocycles. The Morgan fingerprint density at radius 2 is 1.29 bits per heavy atom. The first-order valence-corrected chi connectivity index (χ1v) is 7.55. The Balaban J connectivity index is 4.84. The SMILES string of the molecule is CCC(ON(C)C)P(=O)(O)C(CC)ON(C)C. The summed E-state index contributed by atoms with van der Waals surface area (Å²) in [4.78, 5) is 20.9. The maximum absolute atomic E-state index is 12.4. The third-order valence-electron chi connectivity index (χ3n) is 2.19. The standard InChI is InChI=1S/C10H25N2O4P/c1-7-9(15-11(3)4)17(13,14)10(8-2)16-12(5)6/h9-10H,7-8H2,1-6H3,(H,13,14). The van der Waals surface area contributed by atoms with Crippen LogP contribution in [0.15, 0.2) is 0 Å². The Bertz CT molecular complexity index is 239. The highest BCUT2D eigenvalue weighted by molar-refractivity contribution is 7.59. The highest BCUT2D eigenvalue weighted by Crippen LogP contribution is 2.54. The zero-order chi connectivity index (χ0) is 13.6. The molecule has 0 amide bonds. The summed E-state index contributed by atoms with van der Waals surface area (Å²) in [5, 5.41) is 2.89. The van der Waals surface area contributed by atoms with Crippen molar-refractivity contribution in [3.8, 4) is 0 Å². The van der Waals surface area contributed by atoms with E-state index in [4.69, 9.17) is 9.68 Å². The molecule has 0 aromatic rings. The molecule has 2 unspecified atom stereocenters. The number of hydroxylamine groups is 4. The molecule has 0 radical (unpaired) electrons. The molecule has 0 bridgehead atoms. The molecular weight excluding hydrogens is 243 g/mol. The van der Waals surface area contributed by atoms with Crippen LogP contribution < -0.4 is 0 Å². The van der Waals surface area contributed by atoms with Crippen LogP contribution in [0, 0.1) is 0 Å². The van der Waals surface area contributed by atoms with Crippen LogP contribution in [0.4, 0.5) is 0 Å². The van der Waals surface area contributed by atoms with Gasteiger partial charge in [0, 0.05) is 28.2 Å². The van der Waals surface area contributed by atoms with Gasteiger partial charge in [0.15, 0.2) is 11.7 Å². The van der Waals surface area contributed by atoms with Gasteiger partial charge in [-0.25, -0.2) is 0 Å². The van der Waals surface area contributed by atoms with E-state index in [0.717, 1.165) is 0 Å². The zero-order valence-corrected chi connectivity index (χ0v) is 12.5. The Morgan fingerprint density at radius 1 is 1.00 bits per heavy atom. The lowest BCUT2D eigenvalue weighted by atomic mass is 10.5. The normalized spacial score (nSPS) is 19.4. The second kappa shape index (κ2) is 7.46.